The summed E-state index contributed by atoms with van der Waals surface area (Å²) in [6.45, 7) is 0.864. The van der Waals surface area contributed by atoms with Gasteiger partial charge in [0.1, 0.15) is 5.82 Å². The van der Waals surface area contributed by atoms with Crippen molar-refractivity contribution in [2.24, 2.45) is 5.92 Å². The van der Waals surface area contributed by atoms with Crippen molar-refractivity contribution in [3.63, 3.8) is 0 Å². The SMILES string of the molecule is CNCC(Cc1ccc(Br)cc1)Cc1cc(F)ccc1Cl. The number of hydrogen-bond acceptors (Lipinski definition) is 1. The lowest BCUT2D eigenvalue weighted by Gasteiger charge is -2.18. The summed E-state index contributed by atoms with van der Waals surface area (Å²) in [5, 5.41) is 3.84. The van der Waals surface area contributed by atoms with Crippen molar-refractivity contribution < 1.29 is 4.39 Å². The van der Waals surface area contributed by atoms with Crippen LogP contribution in [0.25, 0.3) is 0 Å². The molecule has 0 aliphatic carbocycles. The quantitative estimate of drug-likeness (QED) is 0.765. The molecule has 1 N–H and O–H groups in total. The third-order valence-electron chi connectivity index (χ3n) is 3.45. The Hall–Kier alpha value is -0.900. The maximum atomic E-state index is 13.4. The number of halogens is 3. The highest BCUT2D eigenvalue weighted by Gasteiger charge is 2.13. The summed E-state index contributed by atoms with van der Waals surface area (Å²) in [4.78, 5) is 0. The molecule has 0 amide bonds. The zero-order chi connectivity index (χ0) is 15.2. The molecule has 0 spiro atoms. The molecule has 0 radical (unpaired) electrons. The molecule has 0 aliphatic rings. The molecule has 0 fully saturated rings. The van der Waals surface area contributed by atoms with E-state index in [1.807, 2.05) is 19.2 Å². The third kappa shape index (κ3) is 5.10. The smallest absolute Gasteiger partial charge is 0.123 e. The van der Waals surface area contributed by atoms with E-state index in [1.54, 1.807) is 6.07 Å². The van der Waals surface area contributed by atoms with E-state index >= 15 is 0 Å². The lowest BCUT2D eigenvalue weighted by atomic mass is 9.92. The Morgan fingerprint density at radius 3 is 2.52 bits per heavy atom. The minimum atomic E-state index is -0.235. The second-order valence-electron chi connectivity index (χ2n) is 5.19. The molecule has 0 aromatic heterocycles. The van der Waals surface area contributed by atoms with Gasteiger partial charge in [0.25, 0.3) is 0 Å². The fraction of sp³-hybridized carbons (Fsp3) is 0.294. The standard InChI is InChI=1S/C17H18BrClFN/c1-21-11-13(8-12-2-4-15(18)5-3-12)9-14-10-16(20)6-7-17(14)19/h2-7,10,13,21H,8-9,11H2,1H3. The molecular weight excluding hydrogens is 353 g/mol. The molecule has 112 valence electrons. The van der Waals surface area contributed by atoms with Gasteiger partial charge in [0.15, 0.2) is 0 Å². The molecule has 0 heterocycles. The first kappa shape index (κ1) is 16.5. The lowest BCUT2D eigenvalue weighted by molar-refractivity contribution is 0.491. The molecule has 21 heavy (non-hydrogen) atoms. The van der Waals surface area contributed by atoms with Crippen molar-refractivity contribution >= 4 is 27.5 Å². The van der Waals surface area contributed by atoms with E-state index in [9.17, 15) is 4.39 Å². The van der Waals surface area contributed by atoms with Crippen molar-refractivity contribution in [3.8, 4) is 0 Å². The summed E-state index contributed by atoms with van der Waals surface area (Å²) in [6.07, 6.45) is 1.69. The highest BCUT2D eigenvalue weighted by atomic mass is 79.9. The fourth-order valence-corrected chi connectivity index (χ4v) is 2.93. The van der Waals surface area contributed by atoms with Crippen LogP contribution in [0.15, 0.2) is 46.9 Å². The Kier molecular flexibility index (Phi) is 6.22. The number of nitrogens with one attached hydrogen (secondary N) is 1. The molecule has 0 aliphatic heterocycles. The van der Waals surface area contributed by atoms with Gasteiger partial charge in [-0.3, -0.25) is 0 Å². The van der Waals surface area contributed by atoms with Crippen molar-refractivity contribution in [1.29, 1.82) is 0 Å². The Morgan fingerprint density at radius 2 is 1.86 bits per heavy atom. The molecule has 2 aromatic rings. The number of hydrogen-bond donors (Lipinski definition) is 1. The van der Waals surface area contributed by atoms with Crippen LogP contribution < -0.4 is 5.32 Å². The van der Waals surface area contributed by atoms with Gasteiger partial charge in [-0.05, 0) is 73.8 Å². The highest BCUT2D eigenvalue weighted by Crippen LogP contribution is 2.23. The lowest BCUT2D eigenvalue weighted by Crippen LogP contribution is -2.23. The van der Waals surface area contributed by atoms with Crippen LogP contribution in [0, 0.1) is 11.7 Å². The van der Waals surface area contributed by atoms with Crippen molar-refractivity contribution in [2.45, 2.75) is 12.8 Å². The van der Waals surface area contributed by atoms with E-state index in [4.69, 9.17) is 11.6 Å². The maximum absolute atomic E-state index is 13.4. The highest BCUT2D eigenvalue weighted by molar-refractivity contribution is 9.10. The van der Waals surface area contributed by atoms with Crippen LogP contribution in [-0.4, -0.2) is 13.6 Å². The Labute approximate surface area is 138 Å². The molecular formula is C17H18BrClFN. The predicted molar refractivity (Wildman–Crippen MR) is 90.4 cm³/mol. The van der Waals surface area contributed by atoms with Gasteiger partial charge in [-0.1, -0.05) is 39.7 Å². The van der Waals surface area contributed by atoms with E-state index in [1.165, 1.54) is 17.7 Å². The van der Waals surface area contributed by atoms with Crippen molar-refractivity contribution in [1.82, 2.24) is 5.32 Å². The summed E-state index contributed by atoms with van der Waals surface area (Å²) in [5.74, 6) is 0.136. The largest absolute Gasteiger partial charge is 0.319 e. The van der Waals surface area contributed by atoms with Crippen LogP contribution in [0.2, 0.25) is 5.02 Å². The predicted octanol–water partition coefficient (Wildman–Crippen LogP) is 4.86. The van der Waals surface area contributed by atoms with E-state index in [0.717, 1.165) is 29.4 Å². The van der Waals surface area contributed by atoms with Gasteiger partial charge < -0.3 is 5.32 Å². The van der Waals surface area contributed by atoms with Crippen LogP contribution in [-0.2, 0) is 12.8 Å². The van der Waals surface area contributed by atoms with E-state index < -0.39 is 0 Å². The molecule has 4 heteroatoms. The van der Waals surface area contributed by atoms with Crippen LogP contribution in [0.4, 0.5) is 4.39 Å². The van der Waals surface area contributed by atoms with E-state index in [0.29, 0.717) is 10.9 Å². The zero-order valence-electron chi connectivity index (χ0n) is 11.9. The topological polar surface area (TPSA) is 12.0 Å². The first-order valence-electron chi connectivity index (χ1n) is 6.91. The fourth-order valence-electron chi connectivity index (χ4n) is 2.47. The van der Waals surface area contributed by atoms with Crippen LogP contribution >= 0.6 is 27.5 Å². The normalized spacial score (nSPS) is 12.4. The zero-order valence-corrected chi connectivity index (χ0v) is 14.2. The summed E-state index contributed by atoms with van der Waals surface area (Å²) in [7, 11) is 1.93. The second-order valence-corrected chi connectivity index (χ2v) is 6.52. The van der Waals surface area contributed by atoms with Gasteiger partial charge >= 0.3 is 0 Å². The van der Waals surface area contributed by atoms with E-state index in [-0.39, 0.29) is 5.82 Å². The van der Waals surface area contributed by atoms with E-state index in [2.05, 4.69) is 33.4 Å². The molecule has 0 bridgehead atoms. The maximum Gasteiger partial charge on any atom is 0.123 e. The summed E-state index contributed by atoms with van der Waals surface area (Å²) in [5.41, 5.74) is 2.14. The van der Waals surface area contributed by atoms with Gasteiger partial charge in [0, 0.05) is 9.50 Å². The Morgan fingerprint density at radius 1 is 1.14 bits per heavy atom. The monoisotopic (exact) mass is 369 g/mol. The molecule has 0 saturated heterocycles. The van der Waals surface area contributed by atoms with Crippen LogP contribution in [0.1, 0.15) is 11.1 Å². The summed E-state index contributed by atoms with van der Waals surface area (Å²) >= 11 is 9.61. The molecule has 1 nitrogen and oxygen atoms in total. The van der Waals surface area contributed by atoms with Crippen molar-refractivity contribution in [3.05, 3.63) is 68.9 Å². The number of rotatable bonds is 6. The first-order valence-corrected chi connectivity index (χ1v) is 8.08. The average molecular weight is 371 g/mol. The number of benzene rings is 2. The van der Waals surface area contributed by atoms with Crippen LogP contribution in [0.5, 0.6) is 0 Å². The third-order valence-corrected chi connectivity index (χ3v) is 4.34. The van der Waals surface area contributed by atoms with Gasteiger partial charge in [0.05, 0.1) is 0 Å². The van der Waals surface area contributed by atoms with Crippen LogP contribution in [0.3, 0.4) is 0 Å². The van der Waals surface area contributed by atoms with Gasteiger partial charge in [-0.2, -0.15) is 0 Å². The van der Waals surface area contributed by atoms with Gasteiger partial charge in [0.2, 0.25) is 0 Å². The minimum Gasteiger partial charge on any atom is -0.319 e. The Bertz CT molecular complexity index is 586. The summed E-state index contributed by atoms with van der Waals surface area (Å²) < 4.78 is 14.4. The molecule has 2 rings (SSSR count). The first-order chi connectivity index (χ1) is 10.1. The molecule has 1 atom stereocenters. The minimum absolute atomic E-state index is 0.235. The Balaban J connectivity index is 2.11. The molecule has 0 saturated carbocycles. The van der Waals surface area contributed by atoms with Crippen molar-refractivity contribution in [2.75, 3.05) is 13.6 Å². The molecule has 1 unspecified atom stereocenters. The average Bonchev–Trinajstić information content (AvgIpc) is 2.45. The van der Waals surface area contributed by atoms with Gasteiger partial charge in [-0.25, -0.2) is 4.39 Å². The molecule has 2 aromatic carbocycles. The van der Waals surface area contributed by atoms with Gasteiger partial charge in [-0.15, -0.1) is 0 Å². The second kappa shape index (κ2) is 7.92. The summed E-state index contributed by atoms with van der Waals surface area (Å²) in [6, 6.07) is 12.9.